The molecule has 2 aromatic rings. The lowest BCUT2D eigenvalue weighted by atomic mass is 9.99. The first kappa shape index (κ1) is 14.8. The van der Waals surface area contributed by atoms with Crippen LogP contribution in [0, 0.1) is 5.92 Å². The van der Waals surface area contributed by atoms with Crippen molar-refractivity contribution in [3.8, 4) is 0 Å². The van der Waals surface area contributed by atoms with Gasteiger partial charge < -0.3 is 19.2 Å². The number of carbonyl (C=O) groups excluding carboxylic acids is 1. The molecule has 118 valence electrons. The van der Waals surface area contributed by atoms with Gasteiger partial charge in [-0.2, -0.15) is 0 Å². The summed E-state index contributed by atoms with van der Waals surface area (Å²) in [7, 11) is 1.97. The maximum Gasteiger partial charge on any atom is 0.226 e. The number of rotatable bonds is 5. The SMILES string of the molecule is CCn1ccnc1[C@@H]1OCC[C@H]1C(=O)NCc1cccn1C. The van der Waals surface area contributed by atoms with Crippen molar-refractivity contribution in [1.29, 1.82) is 0 Å². The highest BCUT2D eigenvalue weighted by molar-refractivity contribution is 5.79. The highest BCUT2D eigenvalue weighted by Gasteiger charge is 2.37. The van der Waals surface area contributed by atoms with Crippen LogP contribution >= 0.6 is 0 Å². The van der Waals surface area contributed by atoms with Crippen molar-refractivity contribution >= 4 is 5.91 Å². The largest absolute Gasteiger partial charge is 0.369 e. The fourth-order valence-corrected chi connectivity index (χ4v) is 2.95. The third kappa shape index (κ3) is 2.78. The highest BCUT2D eigenvalue weighted by atomic mass is 16.5. The van der Waals surface area contributed by atoms with Gasteiger partial charge >= 0.3 is 0 Å². The number of hydrogen-bond acceptors (Lipinski definition) is 3. The van der Waals surface area contributed by atoms with Crippen molar-refractivity contribution in [1.82, 2.24) is 19.4 Å². The minimum atomic E-state index is -0.247. The smallest absolute Gasteiger partial charge is 0.226 e. The maximum atomic E-state index is 12.5. The van der Waals surface area contributed by atoms with E-state index in [0.717, 1.165) is 24.5 Å². The molecule has 0 radical (unpaired) electrons. The average molecular weight is 302 g/mol. The van der Waals surface area contributed by atoms with Crippen LogP contribution in [0.2, 0.25) is 0 Å². The number of carbonyl (C=O) groups is 1. The van der Waals surface area contributed by atoms with Crippen molar-refractivity contribution in [3.63, 3.8) is 0 Å². The topological polar surface area (TPSA) is 61.1 Å². The van der Waals surface area contributed by atoms with Crippen LogP contribution in [-0.4, -0.2) is 26.6 Å². The lowest BCUT2D eigenvalue weighted by molar-refractivity contribution is -0.127. The zero-order valence-corrected chi connectivity index (χ0v) is 13.0. The third-order valence-electron chi connectivity index (χ3n) is 4.27. The van der Waals surface area contributed by atoms with Crippen molar-refractivity contribution < 1.29 is 9.53 Å². The lowest BCUT2D eigenvalue weighted by Crippen LogP contribution is -2.33. The molecule has 0 spiro atoms. The molecule has 0 bridgehead atoms. The van der Waals surface area contributed by atoms with Crippen LogP contribution in [0.15, 0.2) is 30.7 Å². The molecule has 3 rings (SSSR count). The Hall–Kier alpha value is -2.08. The summed E-state index contributed by atoms with van der Waals surface area (Å²) >= 11 is 0. The van der Waals surface area contributed by atoms with E-state index in [4.69, 9.17) is 4.74 Å². The minimum absolute atomic E-state index is 0.0364. The Morgan fingerprint density at radius 1 is 1.50 bits per heavy atom. The van der Waals surface area contributed by atoms with E-state index in [-0.39, 0.29) is 17.9 Å². The van der Waals surface area contributed by atoms with Gasteiger partial charge in [0.15, 0.2) is 0 Å². The number of nitrogens with zero attached hydrogens (tertiary/aromatic N) is 3. The van der Waals surface area contributed by atoms with Crippen LogP contribution in [0.25, 0.3) is 0 Å². The number of hydrogen-bond donors (Lipinski definition) is 1. The van der Waals surface area contributed by atoms with E-state index in [1.807, 2.05) is 40.7 Å². The summed E-state index contributed by atoms with van der Waals surface area (Å²) in [6.07, 6.45) is 6.15. The fourth-order valence-electron chi connectivity index (χ4n) is 2.95. The van der Waals surface area contributed by atoms with Gasteiger partial charge in [0.05, 0.1) is 12.5 Å². The molecular weight excluding hydrogens is 280 g/mol. The van der Waals surface area contributed by atoms with Gasteiger partial charge in [0.2, 0.25) is 5.91 Å². The first-order valence-corrected chi connectivity index (χ1v) is 7.71. The zero-order valence-electron chi connectivity index (χ0n) is 13.0. The van der Waals surface area contributed by atoms with Gasteiger partial charge in [0.1, 0.15) is 11.9 Å². The second-order valence-corrected chi connectivity index (χ2v) is 5.59. The quantitative estimate of drug-likeness (QED) is 0.913. The number of imidazole rings is 1. The molecule has 2 atom stereocenters. The first-order chi connectivity index (χ1) is 10.7. The summed E-state index contributed by atoms with van der Waals surface area (Å²) in [4.78, 5) is 16.9. The van der Waals surface area contributed by atoms with Crippen molar-refractivity contribution in [2.45, 2.75) is 32.5 Å². The second kappa shape index (κ2) is 6.36. The Balaban J connectivity index is 1.67. The minimum Gasteiger partial charge on any atom is -0.369 e. The molecule has 1 fully saturated rings. The van der Waals surface area contributed by atoms with E-state index in [1.54, 1.807) is 6.20 Å². The summed E-state index contributed by atoms with van der Waals surface area (Å²) in [5.41, 5.74) is 1.08. The molecule has 1 saturated heterocycles. The van der Waals surface area contributed by atoms with E-state index in [0.29, 0.717) is 13.2 Å². The summed E-state index contributed by atoms with van der Waals surface area (Å²) in [5, 5.41) is 3.02. The molecule has 0 unspecified atom stereocenters. The Labute approximate surface area is 130 Å². The zero-order chi connectivity index (χ0) is 15.5. The van der Waals surface area contributed by atoms with Crippen LogP contribution in [-0.2, 0) is 29.7 Å². The normalized spacial score (nSPS) is 21.2. The third-order valence-corrected chi connectivity index (χ3v) is 4.27. The van der Waals surface area contributed by atoms with Gasteiger partial charge in [-0.15, -0.1) is 0 Å². The van der Waals surface area contributed by atoms with Crippen LogP contribution in [0.4, 0.5) is 0 Å². The van der Waals surface area contributed by atoms with Gasteiger partial charge in [-0.3, -0.25) is 4.79 Å². The molecule has 2 aromatic heterocycles. The van der Waals surface area contributed by atoms with Crippen LogP contribution in [0.5, 0.6) is 0 Å². The Morgan fingerprint density at radius 3 is 3.09 bits per heavy atom. The highest BCUT2D eigenvalue weighted by Crippen LogP contribution is 2.33. The Kier molecular flexibility index (Phi) is 4.29. The van der Waals surface area contributed by atoms with Gasteiger partial charge in [-0.1, -0.05) is 0 Å². The van der Waals surface area contributed by atoms with Crippen molar-refractivity contribution in [2.24, 2.45) is 13.0 Å². The van der Waals surface area contributed by atoms with E-state index in [9.17, 15) is 4.79 Å². The molecule has 0 aliphatic carbocycles. The monoisotopic (exact) mass is 302 g/mol. The van der Waals surface area contributed by atoms with E-state index in [1.165, 1.54) is 0 Å². The summed E-state index contributed by atoms with van der Waals surface area (Å²) in [5.74, 6) is 0.710. The molecule has 6 nitrogen and oxygen atoms in total. The van der Waals surface area contributed by atoms with Gasteiger partial charge in [0.25, 0.3) is 0 Å². The van der Waals surface area contributed by atoms with Crippen LogP contribution in [0.1, 0.15) is 31.0 Å². The summed E-state index contributed by atoms with van der Waals surface area (Å²) in [6.45, 7) is 4.02. The van der Waals surface area contributed by atoms with E-state index in [2.05, 4.69) is 17.2 Å². The molecule has 1 aliphatic rings. The average Bonchev–Trinajstić information content (AvgIpc) is 3.24. The number of aromatic nitrogens is 3. The summed E-state index contributed by atoms with van der Waals surface area (Å²) < 4.78 is 9.83. The Bertz CT molecular complexity index is 646. The molecule has 3 heterocycles. The Morgan fingerprint density at radius 2 is 2.36 bits per heavy atom. The molecule has 22 heavy (non-hydrogen) atoms. The first-order valence-electron chi connectivity index (χ1n) is 7.71. The number of aryl methyl sites for hydroxylation is 2. The predicted molar refractivity (Wildman–Crippen MR) is 82.0 cm³/mol. The molecule has 1 N–H and O–H groups in total. The molecule has 0 saturated carbocycles. The van der Waals surface area contributed by atoms with Crippen molar-refractivity contribution in [2.75, 3.05) is 6.61 Å². The molecule has 1 aliphatic heterocycles. The van der Waals surface area contributed by atoms with Crippen LogP contribution in [0.3, 0.4) is 0 Å². The molecule has 0 aromatic carbocycles. The summed E-state index contributed by atoms with van der Waals surface area (Å²) in [6, 6.07) is 3.98. The van der Waals surface area contributed by atoms with Gasteiger partial charge in [0, 0.05) is 44.5 Å². The van der Waals surface area contributed by atoms with E-state index >= 15 is 0 Å². The lowest BCUT2D eigenvalue weighted by Gasteiger charge is -2.18. The van der Waals surface area contributed by atoms with Crippen LogP contribution < -0.4 is 5.32 Å². The predicted octanol–water partition coefficient (Wildman–Crippen LogP) is 1.64. The maximum absolute atomic E-state index is 12.5. The number of amides is 1. The van der Waals surface area contributed by atoms with E-state index < -0.39 is 0 Å². The molecular formula is C16H22N4O2. The van der Waals surface area contributed by atoms with Gasteiger partial charge in [-0.25, -0.2) is 4.98 Å². The molecule has 1 amide bonds. The number of ether oxygens (including phenoxy) is 1. The number of nitrogens with one attached hydrogen (secondary N) is 1. The second-order valence-electron chi connectivity index (χ2n) is 5.59. The standard InChI is InChI=1S/C16H22N4O2/c1-3-20-9-7-17-15(20)14-13(6-10-22-14)16(21)18-11-12-5-4-8-19(12)2/h4-5,7-9,13-14H,3,6,10-11H2,1-2H3,(H,18,21)/t13-,14-/m1/s1. The molecule has 6 heteroatoms. The van der Waals surface area contributed by atoms with Gasteiger partial charge in [-0.05, 0) is 25.5 Å². The van der Waals surface area contributed by atoms with Crippen molar-refractivity contribution in [3.05, 3.63) is 42.2 Å². The fraction of sp³-hybridized carbons (Fsp3) is 0.500.